The summed E-state index contributed by atoms with van der Waals surface area (Å²) in [6.07, 6.45) is 4.86. The molecule has 3 heterocycles. The van der Waals surface area contributed by atoms with Crippen LogP contribution in [0.25, 0.3) is 32.9 Å². The average Bonchev–Trinajstić information content (AvgIpc) is 3.44. The summed E-state index contributed by atoms with van der Waals surface area (Å²) in [6, 6.07) is 14.8. The van der Waals surface area contributed by atoms with E-state index < -0.39 is 13.5 Å². The maximum absolute atomic E-state index is 13.1. The number of hydrogen-bond acceptors (Lipinski definition) is 5. The van der Waals surface area contributed by atoms with Crippen molar-refractivity contribution in [3.05, 3.63) is 59.6 Å². The number of fused-ring (bicyclic) bond motifs is 1. The number of aromatic nitrogens is 1. The zero-order chi connectivity index (χ0) is 23.9. The molecular formula is C25H25N2O5PS. The van der Waals surface area contributed by atoms with E-state index in [4.69, 9.17) is 4.42 Å². The zero-order valence-electron chi connectivity index (χ0n) is 18.6. The third kappa shape index (κ3) is 4.53. The number of benzene rings is 1. The van der Waals surface area contributed by atoms with Crippen molar-refractivity contribution in [3.63, 3.8) is 0 Å². The van der Waals surface area contributed by atoms with Crippen LogP contribution in [-0.2, 0) is 4.57 Å². The number of hydrogen-bond donors (Lipinski definition) is 3. The van der Waals surface area contributed by atoms with Crippen LogP contribution < -0.4 is 5.09 Å². The van der Waals surface area contributed by atoms with Gasteiger partial charge in [0, 0.05) is 22.7 Å². The first-order chi connectivity index (χ1) is 16.3. The lowest BCUT2D eigenvalue weighted by atomic mass is 9.91. The Morgan fingerprint density at radius 2 is 1.82 bits per heavy atom. The van der Waals surface area contributed by atoms with Crippen LogP contribution in [-0.4, -0.2) is 26.6 Å². The molecule has 9 heteroatoms. The number of pyridine rings is 1. The molecule has 0 spiro atoms. The Bertz CT molecular complexity index is 1350. The van der Waals surface area contributed by atoms with Crippen molar-refractivity contribution in [3.8, 4) is 21.8 Å². The highest BCUT2D eigenvalue weighted by Crippen LogP contribution is 2.53. The van der Waals surface area contributed by atoms with Crippen molar-refractivity contribution in [1.82, 2.24) is 4.98 Å². The number of thiophene rings is 1. The molecule has 0 amide bonds. The van der Waals surface area contributed by atoms with Crippen LogP contribution in [0.2, 0.25) is 0 Å². The van der Waals surface area contributed by atoms with E-state index >= 15 is 0 Å². The smallest absolute Gasteiger partial charge is 0.348 e. The van der Waals surface area contributed by atoms with Crippen molar-refractivity contribution in [2.45, 2.75) is 38.3 Å². The van der Waals surface area contributed by atoms with E-state index in [9.17, 15) is 19.4 Å². The predicted octanol–water partition coefficient (Wildman–Crippen LogP) is 7.10. The van der Waals surface area contributed by atoms with Gasteiger partial charge in [-0.2, -0.15) is 0 Å². The van der Waals surface area contributed by atoms with Gasteiger partial charge in [-0.05, 0) is 55.4 Å². The maximum Gasteiger partial charge on any atom is 0.348 e. The van der Waals surface area contributed by atoms with E-state index in [0.29, 0.717) is 35.0 Å². The van der Waals surface area contributed by atoms with Gasteiger partial charge in [0.25, 0.3) is 7.52 Å². The minimum Gasteiger partial charge on any atom is -0.477 e. The Morgan fingerprint density at radius 3 is 2.50 bits per heavy atom. The lowest BCUT2D eigenvalue weighted by Gasteiger charge is -2.30. The molecule has 0 aliphatic heterocycles. The summed E-state index contributed by atoms with van der Waals surface area (Å²) in [5.74, 6) is 0.128. The van der Waals surface area contributed by atoms with Gasteiger partial charge in [0.05, 0.1) is 11.3 Å². The van der Waals surface area contributed by atoms with Gasteiger partial charge >= 0.3 is 5.97 Å². The monoisotopic (exact) mass is 496 g/mol. The molecule has 4 aromatic rings. The Kier molecular flexibility index (Phi) is 6.06. The molecule has 3 N–H and O–H groups in total. The topological polar surface area (TPSA) is 113 Å². The van der Waals surface area contributed by atoms with Crippen LogP contribution in [0.3, 0.4) is 0 Å². The first-order valence-electron chi connectivity index (χ1n) is 11.2. The summed E-state index contributed by atoms with van der Waals surface area (Å²) < 4.78 is 18.9. The summed E-state index contributed by atoms with van der Waals surface area (Å²) in [7, 11) is -3.75. The van der Waals surface area contributed by atoms with Gasteiger partial charge in [0.15, 0.2) is 5.58 Å². The van der Waals surface area contributed by atoms with E-state index in [1.807, 2.05) is 42.5 Å². The fraction of sp³-hybridized carbons (Fsp3) is 0.280. The standard InChI is InChI=1S/C25H25N2O5PS/c1-15-4-10-18(11-5-15)33(30,31)27-20-14-23(34-24(20)25(28)29)17-8-6-16(7-9-17)22-13-19-21(32-22)3-2-12-26-19/h2-3,6-9,12-15,18H,4-5,10-11H2,1H3,(H,28,29)(H2,27,30,31). The summed E-state index contributed by atoms with van der Waals surface area (Å²) in [5, 5.41) is 12.4. The second-order valence-corrected chi connectivity index (χ2v) is 12.1. The first kappa shape index (κ1) is 22.8. The van der Waals surface area contributed by atoms with Gasteiger partial charge in [0.1, 0.15) is 16.2 Å². The van der Waals surface area contributed by atoms with Crippen LogP contribution in [0.5, 0.6) is 0 Å². The second kappa shape index (κ2) is 9.02. The number of furan rings is 1. The molecule has 0 bridgehead atoms. The third-order valence-electron chi connectivity index (χ3n) is 6.43. The molecule has 5 rings (SSSR count). The Labute approximate surface area is 201 Å². The Balaban J connectivity index is 1.40. The van der Waals surface area contributed by atoms with Crippen molar-refractivity contribution in [2.75, 3.05) is 5.09 Å². The normalized spacial score (nSPS) is 20.2. The fourth-order valence-electron chi connectivity index (χ4n) is 4.44. The molecule has 1 aromatic carbocycles. The van der Waals surface area contributed by atoms with E-state index in [1.54, 1.807) is 12.3 Å². The minimum atomic E-state index is -3.75. The first-order valence-corrected chi connectivity index (χ1v) is 13.8. The highest BCUT2D eigenvalue weighted by molar-refractivity contribution is 7.60. The number of rotatable bonds is 6. The van der Waals surface area contributed by atoms with Crippen LogP contribution in [0.15, 0.2) is 59.1 Å². The molecule has 1 saturated carbocycles. The van der Waals surface area contributed by atoms with Gasteiger partial charge in [-0.3, -0.25) is 9.55 Å². The number of anilines is 1. The molecule has 176 valence electrons. The molecule has 1 unspecified atom stereocenters. The SMILES string of the molecule is CC1CCC(P(=O)(O)Nc2cc(-c3ccc(-c4cc5ncccc5o4)cc3)sc2C(=O)O)CC1. The Hall–Kier alpha value is -2.93. The third-order valence-corrected chi connectivity index (χ3v) is 9.67. The molecule has 1 aliphatic carbocycles. The van der Waals surface area contributed by atoms with Gasteiger partial charge in [-0.1, -0.05) is 31.2 Å². The van der Waals surface area contributed by atoms with Gasteiger partial charge < -0.3 is 19.5 Å². The molecular weight excluding hydrogens is 471 g/mol. The lowest BCUT2D eigenvalue weighted by molar-refractivity contribution is 0.0703. The van der Waals surface area contributed by atoms with E-state index in [-0.39, 0.29) is 16.2 Å². The molecule has 1 atom stereocenters. The maximum atomic E-state index is 13.1. The van der Waals surface area contributed by atoms with Gasteiger partial charge in [-0.25, -0.2) is 4.79 Å². The summed E-state index contributed by atoms with van der Waals surface area (Å²) in [4.78, 5) is 27.6. The summed E-state index contributed by atoms with van der Waals surface area (Å²) >= 11 is 1.09. The quantitative estimate of drug-likeness (QED) is 0.244. The highest BCUT2D eigenvalue weighted by atomic mass is 32.1. The number of nitrogens with one attached hydrogen (secondary N) is 1. The van der Waals surface area contributed by atoms with Crippen LogP contribution >= 0.6 is 18.9 Å². The number of carbonyl (C=O) groups is 1. The van der Waals surface area contributed by atoms with Crippen LogP contribution in [0, 0.1) is 5.92 Å². The molecule has 7 nitrogen and oxygen atoms in total. The number of aromatic carboxylic acids is 1. The predicted molar refractivity (Wildman–Crippen MR) is 135 cm³/mol. The van der Waals surface area contributed by atoms with Crippen molar-refractivity contribution >= 4 is 41.6 Å². The number of nitrogens with zero attached hydrogens (tertiary/aromatic N) is 1. The van der Waals surface area contributed by atoms with Crippen LogP contribution in [0.4, 0.5) is 5.69 Å². The van der Waals surface area contributed by atoms with Crippen molar-refractivity contribution in [1.29, 1.82) is 0 Å². The molecule has 34 heavy (non-hydrogen) atoms. The Morgan fingerprint density at radius 1 is 1.12 bits per heavy atom. The highest BCUT2D eigenvalue weighted by Gasteiger charge is 2.35. The summed E-state index contributed by atoms with van der Waals surface area (Å²) in [5.41, 5.74) is 3.03. The van der Waals surface area contributed by atoms with E-state index in [0.717, 1.165) is 40.8 Å². The van der Waals surface area contributed by atoms with Crippen molar-refractivity contribution < 1.29 is 23.8 Å². The average molecular weight is 497 g/mol. The molecule has 0 saturated heterocycles. The van der Waals surface area contributed by atoms with Gasteiger partial charge in [0.2, 0.25) is 0 Å². The van der Waals surface area contributed by atoms with E-state index in [2.05, 4.69) is 17.0 Å². The largest absolute Gasteiger partial charge is 0.477 e. The fourth-order valence-corrected chi connectivity index (χ4v) is 7.18. The molecule has 3 aromatic heterocycles. The molecule has 1 fully saturated rings. The lowest BCUT2D eigenvalue weighted by Crippen LogP contribution is -2.20. The van der Waals surface area contributed by atoms with Crippen LogP contribution in [0.1, 0.15) is 42.3 Å². The zero-order valence-corrected chi connectivity index (χ0v) is 20.3. The van der Waals surface area contributed by atoms with Crippen molar-refractivity contribution in [2.24, 2.45) is 5.92 Å². The number of carboxylic acids is 1. The van der Waals surface area contributed by atoms with Gasteiger partial charge in [-0.15, -0.1) is 11.3 Å². The van der Waals surface area contributed by atoms with E-state index in [1.165, 1.54) is 0 Å². The molecule has 1 aliphatic rings. The second-order valence-electron chi connectivity index (χ2n) is 8.88. The minimum absolute atomic E-state index is 0.0286. The summed E-state index contributed by atoms with van der Waals surface area (Å²) in [6.45, 7) is 2.15. The number of carboxylic acid groups (broad SMARTS) is 1. The molecule has 0 radical (unpaired) electrons.